The molecule has 0 aliphatic carbocycles. The summed E-state index contributed by atoms with van der Waals surface area (Å²) >= 11 is 0. The summed E-state index contributed by atoms with van der Waals surface area (Å²) in [6, 6.07) is 4.71. The second-order valence-corrected chi connectivity index (χ2v) is 2.50. The lowest BCUT2D eigenvalue weighted by molar-refractivity contribution is 0.322. The van der Waals surface area contributed by atoms with Gasteiger partial charge in [-0.25, -0.2) is 0 Å². The molecular formula is C9H13NO3. The number of ether oxygens (including phenoxy) is 2. The minimum Gasteiger partial charge on any atom is -0.508 e. The quantitative estimate of drug-likeness (QED) is 0.722. The van der Waals surface area contributed by atoms with Crippen LogP contribution in [0.15, 0.2) is 18.2 Å². The number of phenols is 1. The van der Waals surface area contributed by atoms with Crippen LogP contribution in [0.4, 0.5) is 0 Å². The van der Waals surface area contributed by atoms with Crippen LogP contribution >= 0.6 is 0 Å². The van der Waals surface area contributed by atoms with Crippen LogP contribution in [0, 0.1) is 0 Å². The van der Waals surface area contributed by atoms with Crippen LogP contribution in [0.1, 0.15) is 0 Å². The highest BCUT2D eigenvalue weighted by Crippen LogP contribution is 2.26. The average molecular weight is 183 g/mol. The monoisotopic (exact) mass is 183 g/mol. The van der Waals surface area contributed by atoms with Crippen LogP contribution in [0.25, 0.3) is 0 Å². The third kappa shape index (κ3) is 2.83. The molecule has 4 heteroatoms. The maximum Gasteiger partial charge on any atom is 0.126 e. The maximum atomic E-state index is 9.23. The van der Waals surface area contributed by atoms with E-state index in [2.05, 4.69) is 0 Å². The summed E-state index contributed by atoms with van der Waals surface area (Å²) in [4.78, 5) is 0. The van der Waals surface area contributed by atoms with Crippen molar-refractivity contribution in [3.8, 4) is 17.2 Å². The van der Waals surface area contributed by atoms with E-state index in [1.54, 1.807) is 6.07 Å². The molecule has 1 aromatic carbocycles. The van der Waals surface area contributed by atoms with E-state index >= 15 is 0 Å². The van der Waals surface area contributed by atoms with Gasteiger partial charge in [-0.2, -0.15) is 0 Å². The highest BCUT2D eigenvalue weighted by Gasteiger charge is 2.00. The minimum atomic E-state index is 0.117. The first-order chi connectivity index (χ1) is 6.26. The summed E-state index contributed by atoms with van der Waals surface area (Å²) in [7, 11) is 1.53. The lowest BCUT2D eigenvalue weighted by Gasteiger charge is -2.07. The molecule has 0 aromatic heterocycles. The van der Waals surface area contributed by atoms with E-state index in [0.717, 1.165) is 0 Å². The molecule has 0 aliphatic rings. The SMILES string of the molecule is COc1cc(O)cc(OCCN)c1. The summed E-state index contributed by atoms with van der Waals surface area (Å²) < 4.78 is 10.2. The van der Waals surface area contributed by atoms with Crippen molar-refractivity contribution in [2.75, 3.05) is 20.3 Å². The number of rotatable bonds is 4. The van der Waals surface area contributed by atoms with E-state index in [-0.39, 0.29) is 5.75 Å². The van der Waals surface area contributed by atoms with E-state index in [9.17, 15) is 5.11 Å². The van der Waals surface area contributed by atoms with E-state index in [1.807, 2.05) is 0 Å². The fourth-order valence-corrected chi connectivity index (χ4v) is 0.935. The zero-order valence-electron chi connectivity index (χ0n) is 7.49. The fraction of sp³-hybridized carbons (Fsp3) is 0.333. The molecule has 0 saturated carbocycles. The summed E-state index contributed by atoms with van der Waals surface area (Å²) in [6.07, 6.45) is 0. The molecule has 0 unspecified atom stereocenters. The third-order valence-corrected chi connectivity index (χ3v) is 1.49. The lowest BCUT2D eigenvalue weighted by atomic mass is 10.3. The van der Waals surface area contributed by atoms with Gasteiger partial charge in [-0.05, 0) is 0 Å². The average Bonchev–Trinajstić information content (AvgIpc) is 2.14. The molecule has 4 nitrogen and oxygen atoms in total. The standard InChI is InChI=1S/C9H13NO3/c1-12-8-4-7(11)5-9(6-8)13-3-2-10/h4-6,11H,2-3,10H2,1H3. The van der Waals surface area contributed by atoms with Crippen LogP contribution < -0.4 is 15.2 Å². The molecule has 0 fully saturated rings. The summed E-state index contributed by atoms with van der Waals surface area (Å²) in [6.45, 7) is 0.866. The Kier molecular flexibility index (Phi) is 3.40. The van der Waals surface area contributed by atoms with Gasteiger partial charge < -0.3 is 20.3 Å². The van der Waals surface area contributed by atoms with Crippen molar-refractivity contribution in [3.05, 3.63) is 18.2 Å². The molecule has 3 N–H and O–H groups in total. The summed E-state index contributed by atoms with van der Waals surface area (Å²) in [5, 5.41) is 9.23. The Bertz CT molecular complexity index is 276. The Labute approximate surface area is 76.9 Å². The van der Waals surface area contributed by atoms with Gasteiger partial charge in [-0.3, -0.25) is 0 Å². The molecule has 0 saturated heterocycles. The summed E-state index contributed by atoms with van der Waals surface area (Å²) in [5.41, 5.74) is 5.27. The molecule has 0 spiro atoms. The molecule has 0 amide bonds. The first-order valence-corrected chi connectivity index (χ1v) is 3.97. The fourth-order valence-electron chi connectivity index (χ4n) is 0.935. The van der Waals surface area contributed by atoms with Gasteiger partial charge >= 0.3 is 0 Å². The van der Waals surface area contributed by atoms with Gasteiger partial charge in [0.1, 0.15) is 23.9 Å². The van der Waals surface area contributed by atoms with Crippen LogP contribution in [-0.2, 0) is 0 Å². The Morgan fingerprint density at radius 2 is 2.00 bits per heavy atom. The molecule has 0 atom stereocenters. The minimum absolute atomic E-state index is 0.117. The van der Waals surface area contributed by atoms with Gasteiger partial charge in [0, 0.05) is 24.7 Å². The Morgan fingerprint density at radius 3 is 2.62 bits per heavy atom. The zero-order chi connectivity index (χ0) is 9.68. The molecule has 0 bridgehead atoms. The first-order valence-electron chi connectivity index (χ1n) is 3.97. The highest BCUT2D eigenvalue weighted by molar-refractivity contribution is 5.41. The Morgan fingerprint density at radius 1 is 1.31 bits per heavy atom. The van der Waals surface area contributed by atoms with Crippen molar-refractivity contribution in [1.29, 1.82) is 0 Å². The highest BCUT2D eigenvalue weighted by atomic mass is 16.5. The number of nitrogens with two attached hydrogens (primary N) is 1. The van der Waals surface area contributed by atoms with Gasteiger partial charge in [0.15, 0.2) is 0 Å². The van der Waals surface area contributed by atoms with Crippen LogP contribution in [0.5, 0.6) is 17.2 Å². The largest absolute Gasteiger partial charge is 0.508 e. The number of aromatic hydroxyl groups is 1. The molecule has 72 valence electrons. The molecule has 13 heavy (non-hydrogen) atoms. The maximum absolute atomic E-state index is 9.23. The predicted molar refractivity (Wildman–Crippen MR) is 49.2 cm³/mol. The molecule has 0 radical (unpaired) electrons. The second-order valence-electron chi connectivity index (χ2n) is 2.50. The van der Waals surface area contributed by atoms with E-state index < -0.39 is 0 Å². The van der Waals surface area contributed by atoms with Crippen LogP contribution in [-0.4, -0.2) is 25.4 Å². The van der Waals surface area contributed by atoms with E-state index in [0.29, 0.717) is 24.7 Å². The van der Waals surface area contributed by atoms with E-state index in [1.165, 1.54) is 19.2 Å². The van der Waals surface area contributed by atoms with Crippen molar-refractivity contribution in [1.82, 2.24) is 0 Å². The summed E-state index contributed by atoms with van der Waals surface area (Å²) in [5.74, 6) is 1.24. The number of phenolic OH excluding ortho intramolecular Hbond substituents is 1. The number of hydrogen-bond acceptors (Lipinski definition) is 4. The Hall–Kier alpha value is -1.42. The molecule has 0 aliphatic heterocycles. The first kappa shape index (κ1) is 9.67. The van der Waals surface area contributed by atoms with Crippen molar-refractivity contribution in [2.24, 2.45) is 5.73 Å². The zero-order valence-corrected chi connectivity index (χ0v) is 7.49. The van der Waals surface area contributed by atoms with Crippen molar-refractivity contribution < 1.29 is 14.6 Å². The Balaban J connectivity index is 2.76. The molecular weight excluding hydrogens is 170 g/mol. The third-order valence-electron chi connectivity index (χ3n) is 1.49. The van der Waals surface area contributed by atoms with Crippen LogP contribution in [0.3, 0.4) is 0 Å². The number of hydrogen-bond donors (Lipinski definition) is 2. The van der Waals surface area contributed by atoms with Crippen molar-refractivity contribution in [3.63, 3.8) is 0 Å². The van der Waals surface area contributed by atoms with Crippen molar-refractivity contribution in [2.45, 2.75) is 0 Å². The smallest absolute Gasteiger partial charge is 0.126 e. The van der Waals surface area contributed by atoms with Crippen LogP contribution in [0.2, 0.25) is 0 Å². The van der Waals surface area contributed by atoms with E-state index in [4.69, 9.17) is 15.2 Å². The molecule has 1 rings (SSSR count). The second kappa shape index (κ2) is 4.57. The van der Waals surface area contributed by atoms with Gasteiger partial charge in [-0.15, -0.1) is 0 Å². The number of benzene rings is 1. The van der Waals surface area contributed by atoms with Gasteiger partial charge in [0.25, 0.3) is 0 Å². The van der Waals surface area contributed by atoms with Gasteiger partial charge in [0.05, 0.1) is 7.11 Å². The topological polar surface area (TPSA) is 64.7 Å². The molecule has 1 aromatic rings. The predicted octanol–water partition coefficient (Wildman–Crippen LogP) is 0.738. The lowest BCUT2D eigenvalue weighted by Crippen LogP contribution is -2.10. The molecule has 0 heterocycles. The normalized spacial score (nSPS) is 9.69. The van der Waals surface area contributed by atoms with Gasteiger partial charge in [-0.1, -0.05) is 0 Å². The van der Waals surface area contributed by atoms with Crippen molar-refractivity contribution >= 4 is 0 Å². The van der Waals surface area contributed by atoms with Gasteiger partial charge in [0.2, 0.25) is 0 Å². The number of methoxy groups -OCH3 is 1.